The van der Waals surface area contributed by atoms with E-state index in [1.807, 2.05) is 0 Å². The van der Waals surface area contributed by atoms with Crippen LogP contribution in [0.4, 0.5) is 0 Å². The molecule has 0 N–H and O–H groups in total. The van der Waals surface area contributed by atoms with Crippen molar-refractivity contribution in [3.8, 4) is 22.3 Å². The van der Waals surface area contributed by atoms with Gasteiger partial charge in [0.1, 0.15) is 0 Å². The molecule has 0 aliphatic rings. The highest BCUT2D eigenvalue weighted by Crippen LogP contribution is 2.57. The first kappa shape index (κ1) is 44.3. The van der Waals surface area contributed by atoms with Crippen molar-refractivity contribution >= 4 is 140 Å². The molecule has 0 atom stereocenters. The molecule has 16 aromatic carbocycles. The Kier molecular flexibility index (Phi) is 8.65. The normalized spacial score (nSPS) is 13.4. The number of rotatable bonds is 4. The van der Waals surface area contributed by atoms with E-state index in [4.69, 9.17) is 0 Å². The van der Waals surface area contributed by atoms with Crippen LogP contribution in [0.1, 0.15) is 103 Å². The quantitative estimate of drug-likeness (QED) is 0.122. The number of benzene rings is 14. The third-order valence-corrected chi connectivity index (χ3v) is 18.4. The molecule has 76 heavy (non-hydrogen) atoms. The zero-order valence-corrected chi connectivity index (χ0v) is 45.3. The molecule has 0 spiro atoms. The molecule has 0 heteroatoms. The Labute approximate surface area is 443 Å². The number of hydrogen-bond acceptors (Lipinski definition) is 0. The van der Waals surface area contributed by atoms with E-state index in [1.165, 1.54) is 185 Å². The van der Waals surface area contributed by atoms with Crippen molar-refractivity contribution in [3.63, 3.8) is 0 Å². The Bertz CT molecular complexity index is 4920. The lowest BCUT2D eigenvalue weighted by Crippen LogP contribution is -2.12. The van der Waals surface area contributed by atoms with E-state index in [-0.39, 0.29) is 10.8 Å². The van der Waals surface area contributed by atoms with Crippen LogP contribution in [-0.4, -0.2) is 0 Å². The van der Waals surface area contributed by atoms with E-state index >= 15 is 0 Å². The van der Waals surface area contributed by atoms with Crippen LogP contribution in [-0.2, 0) is 10.8 Å². The smallest absolute Gasteiger partial charge is 0.000740 e. The fourth-order valence-corrected chi connectivity index (χ4v) is 14.7. The minimum absolute atomic E-state index is 0.00942. The average molecular weight is 973 g/mol. The molecule has 0 aliphatic heterocycles. The standard InChI is InChI=1S/C76H60/c1-39(2)44-31-43-21-22-48(40(3)4)68-54-28-25-50-58-38-63-62(37-57(58)49-23-24-51(71(54)69(49)50)59(34-44)67(43)68)65(41-17-13-11-14-18-41)73-55-29-26-52-60-35-46(75(5,6)7)32-45-33-47(76(8,9)10)36-61(64(45)60)53-27-30-56(72(55)70(52)53)74(73)66(63)42-19-15-12-16-20-42/h11-40H,1-10H3. The Balaban J connectivity index is 1.11. The number of fused-ring (bicyclic) bond motifs is 11. The van der Waals surface area contributed by atoms with Gasteiger partial charge in [0.25, 0.3) is 0 Å². The maximum Gasteiger partial charge on any atom is -0.000740 e. The van der Waals surface area contributed by atoms with Crippen molar-refractivity contribution < 1.29 is 0 Å². The largest absolute Gasteiger partial charge is 0.0622 e. The van der Waals surface area contributed by atoms with Crippen LogP contribution in [0.2, 0.25) is 0 Å². The molecular weight excluding hydrogens is 913 g/mol. The van der Waals surface area contributed by atoms with Crippen LogP contribution in [0, 0.1) is 0 Å². The van der Waals surface area contributed by atoms with E-state index in [0.29, 0.717) is 11.8 Å². The molecule has 0 fully saturated rings. The van der Waals surface area contributed by atoms with Gasteiger partial charge in [-0.1, -0.05) is 215 Å². The predicted octanol–water partition coefficient (Wildman–Crippen LogP) is 22.6. The monoisotopic (exact) mass is 972 g/mol. The van der Waals surface area contributed by atoms with Gasteiger partial charge >= 0.3 is 0 Å². The van der Waals surface area contributed by atoms with Crippen molar-refractivity contribution in [3.05, 3.63) is 192 Å². The Hall–Kier alpha value is -8.06. The molecule has 0 unspecified atom stereocenters. The van der Waals surface area contributed by atoms with E-state index in [9.17, 15) is 0 Å². The highest BCUT2D eigenvalue weighted by Gasteiger charge is 2.30. The highest BCUT2D eigenvalue weighted by atomic mass is 14.3. The van der Waals surface area contributed by atoms with Crippen LogP contribution >= 0.6 is 0 Å². The summed E-state index contributed by atoms with van der Waals surface area (Å²) in [5.74, 6) is 0.821. The summed E-state index contributed by atoms with van der Waals surface area (Å²) < 4.78 is 0. The summed E-state index contributed by atoms with van der Waals surface area (Å²) in [6.45, 7) is 23.5. The second-order valence-corrected chi connectivity index (χ2v) is 25.5. The molecule has 0 heterocycles. The molecule has 0 amide bonds. The molecule has 0 radical (unpaired) electrons. The van der Waals surface area contributed by atoms with E-state index < -0.39 is 0 Å². The third kappa shape index (κ3) is 5.70. The van der Waals surface area contributed by atoms with Gasteiger partial charge in [-0.2, -0.15) is 0 Å². The predicted molar refractivity (Wildman–Crippen MR) is 335 cm³/mol. The lowest BCUT2D eigenvalue weighted by Gasteiger charge is -2.25. The second-order valence-electron chi connectivity index (χ2n) is 25.5. The van der Waals surface area contributed by atoms with Crippen molar-refractivity contribution in [1.29, 1.82) is 0 Å². The lowest BCUT2D eigenvalue weighted by molar-refractivity contribution is 0.590. The first-order valence-corrected chi connectivity index (χ1v) is 27.9. The van der Waals surface area contributed by atoms with Crippen LogP contribution in [0.5, 0.6) is 0 Å². The van der Waals surface area contributed by atoms with Crippen molar-refractivity contribution in [2.45, 2.75) is 91.9 Å². The summed E-state index contributed by atoms with van der Waals surface area (Å²) in [5.41, 5.74) is 10.7. The maximum absolute atomic E-state index is 2.60. The molecule has 0 aliphatic carbocycles. The molecule has 0 nitrogen and oxygen atoms in total. The van der Waals surface area contributed by atoms with Crippen molar-refractivity contribution in [2.75, 3.05) is 0 Å². The Morgan fingerprint density at radius 1 is 0.263 bits per heavy atom. The molecular formula is C76H60. The van der Waals surface area contributed by atoms with Gasteiger partial charge in [0.05, 0.1) is 0 Å². The van der Waals surface area contributed by atoms with Gasteiger partial charge in [-0.15, -0.1) is 0 Å². The van der Waals surface area contributed by atoms with Crippen LogP contribution in [0.3, 0.4) is 0 Å². The molecule has 16 rings (SSSR count). The summed E-state index contributed by atoms with van der Waals surface area (Å²) in [4.78, 5) is 0. The molecule has 0 saturated heterocycles. The summed E-state index contributed by atoms with van der Waals surface area (Å²) in [5, 5.41) is 35.3. The van der Waals surface area contributed by atoms with Gasteiger partial charge in [-0.05, 0) is 231 Å². The molecule has 0 aromatic heterocycles. The molecule has 0 bridgehead atoms. The Morgan fingerprint density at radius 2 is 0.671 bits per heavy atom. The van der Waals surface area contributed by atoms with E-state index in [1.54, 1.807) is 0 Å². The topological polar surface area (TPSA) is 0 Å². The summed E-state index contributed by atoms with van der Waals surface area (Å²) >= 11 is 0. The SMILES string of the molecule is CC(C)c1cc2ccc(C(C)C)c3c4ccc5c6cc7c(-c8ccccc8)c8c9ccc%10c%11cc(C(C)(C)C)cc%12cc(C(C)(C)C)cc(c%13ccc(c8c(-c8ccccc8)c7cc6c6ccc(c(c1)c23)c4c65)c9c%13%10)c%12%11. The van der Waals surface area contributed by atoms with Gasteiger partial charge in [-0.25, -0.2) is 0 Å². The van der Waals surface area contributed by atoms with Gasteiger partial charge in [0.15, 0.2) is 0 Å². The van der Waals surface area contributed by atoms with Crippen LogP contribution in [0.25, 0.3) is 162 Å². The zero-order chi connectivity index (χ0) is 51.6. The van der Waals surface area contributed by atoms with E-state index in [2.05, 4.69) is 239 Å². The third-order valence-electron chi connectivity index (χ3n) is 18.4. The van der Waals surface area contributed by atoms with Crippen LogP contribution in [0.15, 0.2) is 170 Å². The minimum Gasteiger partial charge on any atom is -0.0622 e. The summed E-state index contributed by atoms with van der Waals surface area (Å²) in [6.07, 6.45) is 0. The second kappa shape index (κ2) is 14.9. The fourth-order valence-electron chi connectivity index (χ4n) is 14.7. The number of hydrogen-bond donors (Lipinski definition) is 0. The van der Waals surface area contributed by atoms with E-state index in [0.717, 1.165) is 0 Å². The van der Waals surface area contributed by atoms with Crippen LogP contribution < -0.4 is 0 Å². The maximum atomic E-state index is 2.60. The van der Waals surface area contributed by atoms with Gasteiger partial charge in [0.2, 0.25) is 0 Å². The van der Waals surface area contributed by atoms with Gasteiger partial charge < -0.3 is 0 Å². The lowest BCUT2D eigenvalue weighted by atomic mass is 9.79. The summed E-state index contributed by atoms with van der Waals surface area (Å²) in [6, 6.07) is 67.5. The molecule has 0 saturated carbocycles. The highest BCUT2D eigenvalue weighted by molar-refractivity contribution is 6.48. The van der Waals surface area contributed by atoms with Crippen molar-refractivity contribution in [1.82, 2.24) is 0 Å². The average Bonchev–Trinajstić information content (AvgIpc) is 4.02. The fraction of sp³-hybridized carbons (Fsp3) is 0.184. The van der Waals surface area contributed by atoms with Gasteiger partial charge in [-0.3, -0.25) is 0 Å². The first-order chi connectivity index (χ1) is 36.6. The molecule has 364 valence electrons. The first-order valence-electron chi connectivity index (χ1n) is 27.9. The van der Waals surface area contributed by atoms with Gasteiger partial charge in [0, 0.05) is 0 Å². The Morgan fingerprint density at radius 3 is 1.12 bits per heavy atom. The molecule has 16 aromatic rings. The van der Waals surface area contributed by atoms with Crippen molar-refractivity contribution in [2.24, 2.45) is 0 Å². The summed E-state index contributed by atoms with van der Waals surface area (Å²) in [7, 11) is 0. The zero-order valence-electron chi connectivity index (χ0n) is 45.3. The minimum atomic E-state index is -0.00942.